The number of hydrogen-bond donors (Lipinski definition) is 0. The van der Waals surface area contributed by atoms with Crippen LogP contribution in [-0.2, 0) is 9.53 Å². The topological polar surface area (TPSA) is 48.4 Å². The molecule has 2 atom stereocenters. The van der Waals surface area contributed by atoms with Crippen molar-refractivity contribution in [3.05, 3.63) is 60.9 Å². The van der Waals surface area contributed by atoms with Crippen LogP contribution in [0.3, 0.4) is 0 Å². The maximum atomic E-state index is 12.0. The molecule has 5 heteroatoms. The molecule has 0 aliphatic heterocycles. The van der Waals surface area contributed by atoms with Crippen LogP contribution < -0.4 is 4.74 Å². The monoisotopic (exact) mass is 407 g/mol. The molecule has 2 heterocycles. The van der Waals surface area contributed by atoms with E-state index >= 15 is 0 Å². The van der Waals surface area contributed by atoms with E-state index in [1.165, 1.54) is 15.0 Å². The molecule has 1 fully saturated rings. The Morgan fingerprint density at radius 3 is 2.72 bits per heavy atom. The number of hydrogen-bond acceptors (Lipinski definition) is 5. The third-order valence-corrected chi connectivity index (χ3v) is 6.81. The highest BCUT2D eigenvalue weighted by molar-refractivity contribution is 7.22. The zero-order valence-corrected chi connectivity index (χ0v) is 17.8. The van der Waals surface area contributed by atoms with Crippen molar-refractivity contribution in [2.75, 3.05) is 0 Å². The number of fused-ring (bicyclic) bond motifs is 1. The number of nitrogens with zero attached hydrogens (tertiary/aromatic N) is 1. The lowest BCUT2D eigenvalue weighted by Crippen LogP contribution is -2.38. The average Bonchev–Trinajstić information content (AvgIpc) is 3.24. The molecule has 3 aromatic rings. The Labute approximate surface area is 175 Å². The van der Waals surface area contributed by atoms with Crippen molar-refractivity contribution >= 4 is 27.4 Å². The summed E-state index contributed by atoms with van der Waals surface area (Å²) >= 11 is 1.74. The van der Waals surface area contributed by atoms with Gasteiger partial charge in [0.15, 0.2) is 0 Å². The highest BCUT2D eigenvalue weighted by Gasteiger charge is 2.47. The number of ether oxygens (including phenoxy) is 2. The molecule has 0 saturated heterocycles. The summed E-state index contributed by atoms with van der Waals surface area (Å²) in [5.41, 5.74) is 1.28. The minimum absolute atomic E-state index is 0.0133. The second-order valence-electron chi connectivity index (χ2n) is 8.23. The number of benzene rings is 1. The fourth-order valence-corrected chi connectivity index (χ4v) is 4.89. The van der Waals surface area contributed by atoms with Gasteiger partial charge >= 0.3 is 5.97 Å². The molecule has 0 N–H and O–H groups in total. The smallest absolute Gasteiger partial charge is 0.333 e. The second-order valence-corrected chi connectivity index (χ2v) is 9.32. The number of pyridine rings is 1. The van der Waals surface area contributed by atoms with E-state index in [2.05, 4.69) is 49.7 Å². The predicted molar refractivity (Wildman–Crippen MR) is 117 cm³/mol. The second kappa shape index (κ2) is 7.64. The van der Waals surface area contributed by atoms with E-state index in [-0.39, 0.29) is 23.6 Å². The first kappa shape index (κ1) is 19.6. The molecule has 2 aromatic heterocycles. The average molecular weight is 408 g/mol. The summed E-state index contributed by atoms with van der Waals surface area (Å²) in [5, 5.41) is 1.19. The van der Waals surface area contributed by atoms with Gasteiger partial charge in [0.25, 0.3) is 0 Å². The summed E-state index contributed by atoms with van der Waals surface area (Å²) in [5.74, 6) is 0.522. The number of carbonyl (C=O) groups is 1. The van der Waals surface area contributed by atoms with Crippen molar-refractivity contribution in [1.29, 1.82) is 0 Å². The van der Waals surface area contributed by atoms with Gasteiger partial charge in [-0.15, -0.1) is 11.3 Å². The molecule has 0 bridgehead atoms. The zero-order valence-electron chi connectivity index (χ0n) is 17.0. The van der Waals surface area contributed by atoms with Crippen molar-refractivity contribution < 1.29 is 14.3 Å². The summed E-state index contributed by atoms with van der Waals surface area (Å²) in [6.07, 6.45) is 5.14. The van der Waals surface area contributed by atoms with Gasteiger partial charge in [-0.05, 0) is 55.5 Å². The first-order valence-corrected chi connectivity index (χ1v) is 10.6. The molecule has 4 rings (SSSR count). The number of thiophene rings is 1. The van der Waals surface area contributed by atoms with Gasteiger partial charge in [-0.25, -0.2) is 4.79 Å². The molecule has 0 spiro atoms. The van der Waals surface area contributed by atoms with E-state index in [0.717, 1.165) is 24.2 Å². The van der Waals surface area contributed by atoms with Crippen LogP contribution >= 0.6 is 11.3 Å². The van der Waals surface area contributed by atoms with Crippen LogP contribution in [0.1, 0.15) is 33.6 Å². The van der Waals surface area contributed by atoms with Crippen LogP contribution in [0.15, 0.2) is 60.9 Å². The number of aromatic nitrogens is 1. The highest BCUT2D eigenvalue weighted by Crippen LogP contribution is 2.43. The first-order chi connectivity index (χ1) is 13.8. The Kier molecular flexibility index (Phi) is 5.17. The number of esters is 1. The van der Waals surface area contributed by atoms with E-state index in [1.54, 1.807) is 24.5 Å². The zero-order chi connectivity index (χ0) is 20.6. The standard InChI is InChI=1S/C24H25NO3S/c1-15(2)23(26)28-22-10-9-21(24(22,3)4)27-18-8-7-16-12-19(29-20(16)13-18)17-6-5-11-25-14-17/h5-8,11-14,21-22H,1,9-10H2,2-4H3. The van der Waals surface area contributed by atoms with Gasteiger partial charge in [0, 0.05) is 38.5 Å². The Bertz CT molecular complexity index is 1050. The van der Waals surface area contributed by atoms with Gasteiger partial charge < -0.3 is 9.47 Å². The molecule has 29 heavy (non-hydrogen) atoms. The summed E-state index contributed by atoms with van der Waals surface area (Å²) in [6, 6.07) is 12.4. The number of carbonyl (C=O) groups excluding carboxylic acids is 1. The van der Waals surface area contributed by atoms with Gasteiger partial charge in [0.05, 0.1) is 0 Å². The molecule has 1 aliphatic carbocycles. The maximum Gasteiger partial charge on any atom is 0.333 e. The summed E-state index contributed by atoms with van der Waals surface area (Å²) < 4.78 is 13.2. The molecule has 0 radical (unpaired) electrons. The molecule has 0 amide bonds. The number of rotatable bonds is 5. The van der Waals surface area contributed by atoms with Gasteiger partial charge in [-0.1, -0.05) is 26.5 Å². The Morgan fingerprint density at radius 1 is 1.21 bits per heavy atom. The van der Waals surface area contributed by atoms with Gasteiger partial charge in [-0.2, -0.15) is 0 Å². The first-order valence-electron chi connectivity index (χ1n) is 9.82. The van der Waals surface area contributed by atoms with Crippen LogP contribution in [0.25, 0.3) is 20.5 Å². The lowest BCUT2D eigenvalue weighted by molar-refractivity contribution is -0.150. The van der Waals surface area contributed by atoms with Crippen LogP contribution in [0.4, 0.5) is 0 Å². The lowest BCUT2D eigenvalue weighted by atomic mass is 9.86. The summed E-state index contributed by atoms with van der Waals surface area (Å²) in [4.78, 5) is 17.4. The maximum absolute atomic E-state index is 12.0. The van der Waals surface area contributed by atoms with Crippen molar-refractivity contribution in [2.24, 2.45) is 5.41 Å². The fraction of sp³-hybridized carbons (Fsp3) is 0.333. The summed E-state index contributed by atoms with van der Waals surface area (Å²) in [7, 11) is 0. The summed E-state index contributed by atoms with van der Waals surface area (Å²) in [6.45, 7) is 9.56. The highest BCUT2D eigenvalue weighted by atomic mass is 32.1. The SMILES string of the molecule is C=C(C)C(=O)OC1CCC(Oc2ccc3cc(-c4cccnc4)sc3c2)C1(C)C. The minimum atomic E-state index is -0.327. The van der Waals surface area contributed by atoms with Crippen LogP contribution in [0.2, 0.25) is 0 Å². The largest absolute Gasteiger partial charge is 0.490 e. The van der Waals surface area contributed by atoms with Crippen molar-refractivity contribution in [2.45, 2.75) is 45.8 Å². The van der Waals surface area contributed by atoms with Crippen LogP contribution in [0.5, 0.6) is 5.75 Å². The Hall–Kier alpha value is -2.66. The van der Waals surface area contributed by atoms with E-state index < -0.39 is 0 Å². The lowest BCUT2D eigenvalue weighted by Gasteiger charge is -2.32. The minimum Gasteiger partial charge on any atom is -0.490 e. The van der Waals surface area contributed by atoms with Crippen molar-refractivity contribution in [3.63, 3.8) is 0 Å². The molecule has 1 saturated carbocycles. The van der Waals surface area contributed by atoms with Crippen LogP contribution in [-0.4, -0.2) is 23.2 Å². The van der Waals surface area contributed by atoms with Crippen molar-refractivity contribution in [1.82, 2.24) is 4.98 Å². The molecular formula is C24H25NO3S. The predicted octanol–water partition coefficient (Wildman–Crippen LogP) is 6.02. The molecule has 2 unspecified atom stereocenters. The third-order valence-electron chi connectivity index (χ3n) is 5.66. The quantitative estimate of drug-likeness (QED) is 0.383. The van der Waals surface area contributed by atoms with E-state index in [1.807, 2.05) is 18.3 Å². The van der Waals surface area contributed by atoms with E-state index in [9.17, 15) is 4.79 Å². The molecule has 1 aliphatic rings. The van der Waals surface area contributed by atoms with E-state index in [4.69, 9.17) is 9.47 Å². The van der Waals surface area contributed by atoms with Crippen LogP contribution in [0, 0.1) is 5.41 Å². The third kappa shape index (κ3) is 3.92. The van der Waals surface area contributed by atoms with Gasteiger partial charge in [-0.3, -0.25) is 4.98 Å². The normalized spacial score (nSPS) is 20.5. The fourth-order valence-electron chi connectivity index (χ4n) is 3.81. The molecule has 4 nitrogen and oxygen atoms in total. The molecule has 150 valence electrons. The Balaban J connectivity index is 1.52. The van der Waals surface area contributed by atoms with Crippen molar-refractivity contribution in [3.8, 4) is 16.2 Å². The molecule has 1 aromatic carbocycles. The molecular weight excluding hydrogens is 382 g/mol. The van der Waals surface area contributed by atoms with E-state index in [0.29, 0.717) is 5.57 Å². The Morgan fingerprint density at radius 2 is 2.00 bits per heavy atom. The van der Waals surface area contributed by atoms with Gasteiger partial charge in [0.1, 0.15) is 18.0 Å². The van der Waals surface area contributed by atoms with Gasteiger partial charge in [0.2, 0.25) is 0 Å².